The largest absolute Gasteiger partial charge is 0.494 e. The van der Waals surface area contributed by atoms with Crippen LogP contribution in [0.25, 0.3) is 10.6 Å². The van der Waals surface area contributed by atoms with Crippen molar-refractivity contribution in [1.29, 1.82) is 0 Å². The lowest BCUT2D eigenvalue weighted by molar-refractivity contribution is 0.317. The van der Waals surface area contributed by atoms with Crippen LogP contribution < -0.4 is 10.1 Å². The minimum atomic E-state index is 0.768. The summed E-state index contributed by atoms with van der Waals surface area (Å²) in [6.07, 6.45) is 2.18. The number of rotatable bonds is 8. The van der Waals surface area contributed by atoms with Gasteiger partial charge in [-0.15, -0.1) is 11.3 Å². The van der Waals surface area contributed by atoms with Crippen molar-refractivity contribution < 1.29 is 4.74 Å². The Bertz CT molecular complexity index is 507. The lowest BCUT2D eigenvalue weighted by Crippen LogP contribution is -2.13. The van der Waals surface area contributed by atoms with Gasteiger partial charge in [-0.3, -0.25) is 0 Å². The summed E-state index contributed by atoms with van der Waals surface area (Å²) in [7, 11) is 0. The third-order valence-corrected chi connectivity index (χ3v) is 3.80. The maximum absolute atomic E-state index is 5.59. The predicted octanol–water partition coefficient (Wildman–Crippen LogP) is 4.10. The summed E-state index contributed by atoms with van der Waals surface area (Å²) >= 11 is 1.69. The van der Waals surface area contributed by atoms with Crippen LogP contribution in [0.3, 0.4) is 0 Å². The topological polar surface area (TPSA) is 34.1 Å². The highest BCUT2D eigenvalue weighted by atomic mass is 32.1. The first-order valence-corrected chi connectivity index (χ1v) is 8.09. The normalized spacial score (nSPS) is 10.7. The van der Waals surface area contributed by atoms with E-state index < -0.39 is 0 Å². The van der Waals surface area contributed by atoms with E-state index in [0.717, 1.165) is 54.6 Å². The second kappa shape index (κ2) is 8.02. The number of benzene rings is 1. The van der Waals surface area contributed by atoms with Crippen molar-refractivity contribution in [2.45, 2.75) is 33.2 Å². The standard InChI is InChI=1S/C16H22N2OS/c1-3-9-17-11-14-12-20-16(18-14)13-5-7-15(8-6-13)19-10-4-2/h5-8,12,17H,3-4,9-11H2,1-2H3. The van der Waals surface area contributed by atoms with Crippen molar-refractivity contribution in [3.63, 3.8) is 0 Å². The van der Waals surface area contributed by atoms with Gasteiger partial charge in [0.25, 0.3) is 0 Å². The number of aromatic nitrogens is 1. The van der Waals surface area contributed by atoms with E-state index in [1.807, 2.05) is 12.1 Å². The quantitative estimate of drug-likeness (QED) is 0.743. The van der Waals surface area contributed by atoms with Gasteiger partial charge in [-0.25, -0.2) is 4.98 Å². The summed E-state index contributed by atoms with van der Waals surface area (Å²) < 4.78 is 5.59. The SMILES string of the molecule is CCCNCc1csc(-c2ccc(OCCC)cc2)n1. The highest BCUT2D eigenvalue weighted by Crippen LogP contribution is 2.25. The van der Waals surface area contributed by atoms with Gasteiger partial charge in [-0.1, -0.05) is 13.8 Å². The third kappa shape index (κ3) is 4.32. The molecule has 0 spiro atoms. The van der Waals surface area contributed by atoms with E-state index in [2.05, 4.69) is 41.7 Å². The van der Waals surface area contributed by atoms with Crippen LogP contribution in [0.2, 0.25) is 0 Å². The lowest BCUT2D eigenvalue weighted by Gasteiger charge is -2.04. The first-order valence-electron chi connectivity index (χ1n) is 7.21. The first-order chi connectivity index (χ1) is 9.83. The number of ether oxygens (including phenoxy) is 1. The molecule has 0 saturated carbocycles. The molecule has 0 fully saturated rings. The van der Waals surface area contributed by atoms with E-state index >= 15 is 0 Å². The maximum Gasteiger partial charge on any atom is 0.123 e. The lowest BCUT2D eigenvalue weighted by atomic mass is 10.2. The van der Waals surface area contributed by atoms with E-state index in [1.54, 1.807) is 11.3 Å². The van der Waals surface area contributed by atoms with Crippen LogP contribution in [0.15, 0.2) is 29.6 Å². The molecule has 0 radical (unpaired) electrons. The maximum atomic E-state index is 5.59. The number of thiazole rings is 1. The molecule has 3 nitrogen and oxygen atoms in total. The van der Waals surface area contributed by atoms with Crippen LogP contribution in [0.5, 0.6) is 5.75 Å². The molecular weight excluding hydrogens is 268 g/mol. The highest BCUT2D eigenvalue weighted by Gasteiger charge is 2.04. The van der Waals surface area contributed by atoms with E-state index in [4.69, 9.17) is 4.74 Å². The van der Waals surface area contributed by atoms with Gasteiger partial charge in [0.1, 0.15) is 10.8 Å². The number of hydrogen-bond donors (Lipinski definition) is 1. The molecule has 0 atom stereocenters. The van der Waals surface area contributed by atoms with Crippen molar-refractivity contribution in [3.8, 4) is 16.3 Å². The van der Waals surface area contributed by atoms with E-state index in [0.29, 0.717) is 0 Å². The number of nitrogens with zero attached hydrogens (tertiary/aromatic N) is 1. The molecule has 1 aromatic heterocycles. The van der Waals surface area contributed by atoms with Gasteiger partial charge in [-0.05, 0) is 43.7 Å². The minimum Gasteiger partial charge on any atom is -0.494 e. The third-order valence-electron chi connectivity index (χ3n) is 2.86. The molecule has 2 rings (SSSR count). The minimum absolute atomic E-state index is 0.768. The van der Waals surface area contributed by atoms with Crippen molar-refractivity contribution >= 4 is 11.3 Å². The monoisotopic (exact) mass is 290 g/mol. The fourth-order valence-corrected chi connectivity index (χ4v) is 2.65. The summed E-state index contributed by atoms with van der Waals surface area (Å²) in [4.78, 5) is 4.66. The molecule has 0 bridgehead atoms. The molecule has 0 aliphatic rings. The van der Waals surface area contributed by atoms with Crippen LogP contribution in [0.1, 0.15) is 32.4 Å². The molecule has 4 heteroatoms. The Kier molecular flexibility index (Phi) is 6.02. The van der Waals surface area contributed by atoms with Gasteiger partial charge in [-0.2, -0.15) is 0 Å². The Morgan fingerprint density at radius 1 is 1.15 bits per heavy atom. The molecule has 0 aliphatic carbocycles. The summed E-state index contributed by atoms with van der Waals surface area (Å²) in [5.41, 5.74) is 2.27. The molecule has 1 heterocycles. The van der Waals surface area contributed by atoms with E-state index in [1.165, 1.54) is 0 Å². The zero-order valence-electron chi connectivity index (χ0n) is 12.2. The molecule has 2 aromatic rings. The molecule has 0 unspecified atom stereocenters. The van der Waals surface area contributed by atoms with Crippen LogP contribution in [-0.2, 0) is 6.54 Å². The van der Waals surface area contributed by atoms with Crippen molar-refractivity contribution in [2.24, 2.45) is 0 Å². The van der Waals surface area contributed by atoms with E-state index in [-0.39, 0.29) is 0 Å². The Morgan fingerprint density at radius 3 is 2.65 bits per heavy atom. The Labute approximate surface area is 125 Å². The van der Waals surface area contributed by atoms with Gasteiger partial charge >= 0.3 is 0 Å². The fourth-order valence-electron chi connectivity index (χ4n) is 1.83. The number of nitrogens with one attached hydrogen (secondary N) is 1. The zero-order valence-corrected chi connectivity index (χ0v) is 13.0. The Hall–Kier alpha value is -1.39. The van der Waals surface area contributed by atoms with Crippen LogP contribution in [-0.4, -0.2) is 18.1 Å². The van der Waals surface area contributed by atoms with Crippen LogP contribution in [0, 0.1) is 0 Å². The summed E-state index contributed by atoms with van der Waals surface area (Å²) in [5.74, 6) is 0.928. The van der Waals surface area contributed by atoms with Crippen molar-refractivity contribution in [2.75, 3.05) is 13.2 Å². The number of hydrogen-bond acceptors (Lipinski definition) is 4. The molecule has 108 valence electrons. The molecule has 1 N–H and O–H groups in total. The second-order valence-electron chi connectivity index (χ2n) is 4.69. The van der Waals surface area contributed by atoms with Gasteiger partial charge < -0.3 is 10.1 Å². The van der Waals surface area contributed by atoms with Crippen molar-refractivity contribution in [3.05, 3.63) is 35.3 Å². The molecule has 0 aliphatic heterocycles. The first kappa shape index (κ1) is 15.0. The molecule has 0 amide bonds. The zero-order chi connectivity index (χ0) is 14.2. The van der Waals surface area contributed by atoms with Gasteiger partial charge in [0.05, 0.1) is 12.3 Å². The average molecular weight is 290 g/mol. The molecule has 0 saturated heterocycles. The summed E-state index contributed by atoms with van der Waals surface area (Å²) in [6, 6.07) is 8.18. The molecule has 1 aromatic carbocycles. The predicted molar refractivity (Wildman–Crippen MR) is 85.3 cm³/mol. The highest BCUT2D eigenvalue weighted by molar-refractivity contribution is 7.13. The summed E-state index contributed by atoms with van der Waals surface area (Å²) in [5, 5.41) is 6.57. The van der Waals surface area contributed by atoms with E-state index in [9.17, 15) is 0 Å². The second-order valence-corrected chi connectivity index (χ2v) is 5.55. The van der Waals surface area contributed by atoms with Gasteiger partial charge in [0.15, 0.2) is 0 Å². The Balaban J connectivity index is 1.97. The summed E-state index contributed by atoms with van der Waals surface area (Å²) in [6.45, 7) is 6.93. The van der Waals surface area contributed by atoms with Crippen LogP contribution in [0.4, 0.5) is 0 Å². The van der Waals surface area contributed by atoms with Gasteiger partial charge in [0.2, 0.25) is 0 Å². The molecule has 20 heavy (non-hydrogen) atoms. The fraction of sp³-hybridized carbons (Fsp3) is 0.438. The average Bonchev–Trinajstić information content (AvgIpc) is 2.95. The Morgan fingerprint density at radius 2 is 1.95 bits per heavy atom. The molecular formula is C16H22N2OS. The van der Waals surface area contributed by atoms with Crippen LogP contribution >= 0.6 is 11.3 Å². The van der Waals surface area contributed by atoms with Gasteiger partial charge in [0, 0.05) is 17.5 Å². The smallest absolute Gasteiger partial charge is 0.123 e. The van der Waals surface area contributed by atoms with Crippen molar-refractivity contribution in [1.82, 2.24) is 10.3 Å².